The Bertz CT molecular complexity index is 1070. The number of ether oxygens (including phenoxy) is 3. The molecule has 0 saturated carbocycles. The van der Waals surface area contributed by atoms with Crippen molar-refractivity contribution in [1.29, 1.82) is 0 Å². The van der Waals surface area contributed by atoms with Crippen molar-refractivity contribution in [2.45, 2.75) is 32.1 Å². The zero-order valence-electron chi connectivity index (χ0n) is 17.7. The van der Waals surface area contributed by atoms with Crippen LogP contribution in [0.2, 0.25) is 0 Å². The van der Waals surface area contributed by atoms with Crippen LogP contribution >= 0.6 is 0 Å². The van der Waals surface area contributed by atoms with Gasteiger partial charge in [0.05, 0.1) is 31.5 Å². The molecule has 0 unspecified atom stereocenters. The SMILES string of the molecule is CCCOc1c(OCC)cc(/C=N/NS(=O)(=O)c2cc(C)ccc2OC)cc1[N+](=O)[O-]. The number of hydrogen-bond donors (Lipinski definition) is 1. The highest BCUT2D eigenvalue weighted by Crippen LogP contribution is 2.38. The number of hydrazone groups is 1. The van der Waals surface area contributed by atoms with Crippen molar-refractivity contribution >= 4 is 21.9 Å². The number of rotatable bonds is 11. The van der Waals surface area contributed by atoms with Crippen LogP contribution in [0.1, 0.15) is 31.4 Å². The highest BCUT2D eigenvalue weighted by molar-refractivity contribution is 7.89. The van der Waals surface area contributed by atoms with E-state index < -0.39 is 14.9 Å². The molecule has 0 aliphatic heterocycles. The Balaban J connectivity index is 2.37. The fourth-order valence-electron chi connectivity index (χ4n) is 2.64. The van der Waals surface area contributed by atoms with Gasteiger partial charge in [0, 0.05) is 11.6 Å². The molecule has 0 fully saturated rings. The van der Waals surface area contributed by atoms with E-state index in [0.717, 1.165) is 11.8 Å². The van der Waals surface area contributed by atoms with Crippen LogP contribution in [0.4, 0.5) is 5.69 Å². The third-order valence-corrected chi connectivity index (χ3v) is 5.24. The van der Waals surface area contributed by atoms with Gasteiger partial charge in [-0.3, -0.25) is 10.1 Å². The molecule has 168 valence electrons. The molecule has 0 aliphatic rings. The Hall–Kier alpha value is -3.34. The maximum atomic E-state index is 12.6. The molecule has 31 heavy (non-hydrogen) atoms. The first kappa shape index (κ1) is 23.9. The molecule has 10 nitrogen and oxygen atoms in total. The van der Waals surface area contributed by atoms with Gasteiger partial charge in [-0.1, -0.05) is 13.0 Å². The minimum Gasteiger partial charge on any atom is -0.495 e. The predicted molar refractivity (Wildman–Crippen MR) is 116 cm³/mol. The normalized spacial score (nSPS) is 11.4. The summed E-state index contributed by atoms with van der Waals surface area (Å²) in [7, 11) is -2.66. The minimum absolute atomic E-state index is 0.0240. The van der Waals surface area contributed by atoms with Crippen LogP contribution < -0.4 is 19.0 Å². The van der Waals surface area contributed by atoms with Crippen molar-refractivity contribution in [3.8, 4) is 17.2 Å². The fraction of sp³-hybridized carbons (Fsp3) is 0.350. The van der Waals surface area contributed by atoms with Crippen molar-refractivity contribution in [3.63, 3.8) is 0 Å². The number of hydrogen-bond acceptors (Lipinski definition) is 8. The van der Waals surface area contributed by atoms with Gasteiger partial charge in [-0.05, 0) is 44.0 Å². The quantitative estimate of drug-likeness (QED) is 0.315. The number of aryl methyl sites for hydroxylation is 1. The second kappa shape index (κ2) is 10.6. The van der Waals surface area contributed by atoms with E-state index in [1.54, 1.807) is 26.0 Å². The second-order valence-electron chi connectivity index (χ2n) is 6.41. The second-order valence-corrected chi connectivity index (χ2v) is 8.04. The lowest BCUT2D eigenvalue weighted by atomic mass is 10.2. The fourth-order valence-corrected chi connectivity index (χ4v) is 3.69. The summed E-state index contributed by atoms with van der Waals surface area (Å²) in [5, 5.41) is 15.3. The van der Waals surface area contributed by atoms with Gasteiger partial charge >= 0.3 is 5.69 Å². The Morgan fingerprint density at radius 3 is 2.52 bits per heavy atom. The van der Waals surface area contributed by atoms with Gasteiger partial charge < -0.3 is 14.2 Å². The third-order valence-electron chi connectivity index (χ3n) is 4.00. The van der Waals surface area contributed by atoms with Crippen LogP contribution in [0.3, 0.4) is 0 Å². The number of benzene rings is 2. The van der Waals surface area contributed by atoms with Crippen LogP contribution in [0, 0.1) is 17.0 Å². The van der Waals surface area contributed by atoms with Gasteiger partial charge in [-0.2, -0.15) is 18.4 Å². The van der Waals surface area contributed by atoms with Crippen LogP contribution in [-0.4, -0.2) is 39.9 Å². The van der Waals surface area contributed by atoms with Crippen molar-refractivity contribution in [1.82, 2.24) is 4.83 Å². The Morgan fingerprint density at radius 2 is 1.90 bits per heavy atom. The summed E-state index contributed by atoms with van der Waals surface area (Å²) in [5.41, 5.74) is 0.687. The molecule has 0 heterocycles. The number of nitrogens with zero attached hydrogens (tertiary/aromatic N) is 2. The number of methoxy groups -OCH3 is 1. The van der Waals surface area contributed by atoms with E-state index in [0.29, 0.717) is 6.42 Å². The Kier molecular flexibility index (Phi) is 8.20. The van der Waals surface area contributed by atoms with E-state index in [4.69, 9.17) is 14.2 Å². The molecule has 0 spiro atoms. The summed E-state index contributed by atoms with van der Waals surface area (Å²) < 4.78 is 41.3. The van der Waals surface area contributed by atoms with Gasteiger partial charge in [0.1, 0.15) is 10.6 Å². The Morgan fingerprint density at radius 1 is 1.16 bits per heavy atom. The van der Waals surface area contributed by atoms with Crippen LogP contribution in [0.15, 0.2) is 40.3 Å². The van der Waals surface area contributed by atoms with Crippen molar-refractivity contribution in [3.05, 3.63) is 51.6 Å². The molecule has 1 N–H and O–H groups in total. The minimum atomic E-state index is -4.03. The third kappa shape index (κ3) is 6.07. The standard InChI is InChI=1S/C20H25N3O7S/c1-5-9-30-20-16(23(24)25)11-15(12-18(20)29-6-2)13-21-22-31(26,27)19-10-14(3)7-8-17(19)28-4/h7-8,10-13,22H,5-6,9H2,1-4H3/b21-13+. The van der Waals surface area contributed by atoms with Crippen LogP contribution in [0.5, 0.6) is 17.2 Å². The van der Waals surface area contributed by atoms with E-state index in [1.165, 1.54) is 25.3 Å². The zero-order chi connectivity index (χ0) is 23.0. The highest BCUT2D eigenvalue weighted by Gasteiger charge is 2.23. The molecule has 0 radical (unpaired) electrons. The molecule has 0 aliphatic carbocycles. The molecular formula is C20H25N3O7S. The largest absolute Gasteiger partial charge is 0.495 e. The summed E-state index contributed by atoms with van der Waals surface area (Å²) in [6.07, 6.45) is 1.81. The summed E-state index contributed by atoms with van der Waals surface area (Å²) >= 11 is 0. The van der Waals surface area contributed by atoms with Gasteiger partial charge in [-0.25, -0.2) is 0 Å². The molecule has 0 bridgehead atoms. The van der Waals surface area contributed by atoms with E-state index in [-0.39, 0.29) is 46.6 Å². The molecule has 0 atom stereocenters. The first-order valence-corrected chi connectivity index (χ1v) is 11.0. The number of nitro benzene ring substituents is 1. The molecule has 2 aromatic rings. The topological polar surface area (TPSA) is 129 Å². The van der Waals surface area contributed by atoms with Gasteiger partial charge in [0.25, 0.3) is 10.0 Å². The smallest absolute Gasteiger partial charge is 0.315 e. The van der Waals surface area contributed by atoms with E-state index >= 15 is 0 Å². The van der Waals surface area contributed by atoms with Gasteiger partial charge in [-0.15, -0.1) is 0 Å². The predicted octanol–water partition coefficient (Wildman–Crippen LogP) is 3.41. The molecule has 0 amide bonds. The summed E-state index contributed by atoms with van der Waals surface area (Å²) in [4.78, 5) is 12.9. The van der Waals surface area contributed by atoms with Gasteiger partial charge in [0.2, 0.25) is 5.75 Å². The number of sulfonamides is 1. The lowest BCUT2D eigenvalue weighted by molar-refractivity contribution is -0.386. The molecule has 0 aromatic heterocycles. The first-order valence-electron chi connectivity index (χ1n) is 9.51. The monoisotopic (exact) mass is 451 g/mol. The van der Waals surface area contributed by atoms with E-state index in [1.807, 2.05) is 6.92 Å². The van der Waals surface area contributed by atoms with Crippen LogP contribution in [0.25, 0.3) is 0 Å². The first-order chi connectivity index (χ1) is 14.7. The summed E-state index contributed by atoms with van der Waals surface area (Å²) in [6, 6.07) is 7.44. The number of nitro groups is 1. The highest BCUT2D eigenvalue weighted by atomic mass is 32.2. The van der Waals surface area contributed by atoms with E-state index in [9.17, 15) is 18.5 Å². The van der Waals surface area contributed by atoms with E-state index in [2.05, 4.69) is 9.93 Å². The lowest BCUT2D eigenvalue weighted by Crippen LogP contribution is -2.19. The maximum absolute atomic E-state index is 12.6. The molecule has 11 heteroatoms. The molecule has 0 saturated heterocycles. The van der Waals surface area contributed by atoms with Crippen LogP contribution in [-0.2, 0) is 10.0 Å². The Labute approximate surface area is 181 Å². The summed E-state index contributed by atoms with van der Waals surface area (Å²) in [6.45, 7) is 5.91. The van der Waals surface area contributed by atoms with Crippen molar-refractivity contribution in [2.75, 3.05) is 20.3 Å². The van der Waals surface area contributed by atoms with Gasteiger partial charge in [0.15, 0.2) is 5.75 Å². The molecule has 2 rings (SSSR count). The van der Waals surface area contributed by atoms with Crippen molar-refractivity contribution < 1.29 is 27.6 Å². The zero-order valence-corrected chi connectivity index (χ0v) is 18.6. The molecule has 2 aromatic carbocycles. The summed E-state index contributed by atoms with van der Waals surface area (Å²) in [5.74, 6) is 0.366. The van der Waals surface area contributed by atoms with Crippen molar-refractivity contribution in [2.24, 2.45) is 5.10 Å². The lowest BCUT2D eigenvalue weighted by Gasteiger charge is -2.12. The number of nitrogens with one attached hydrogen (secondary N) is 1. The average molecular weight is 452 g/mol. The molecular weight excluding hydrogens is 426 g/mol. The maximum Gasteiger partial charge on any atom is 0.315 e. The average Bonchev–Trinajstić information content (AvgIpc) is 2.72.